The van der Waals surface area contributed by atoms with Gasteiger partial charge in [0.05, 0.1) is 14.2 Å². The van der Waals surface area contributed by atoms with Crippen LogP contribution in [0.2, 0.25) is 0 Å². The van der Waals surface area contributed by atoms with Crippen LogP contribution in [0.4, 0.5) is 0 Å². The number of piperidine rings is 1. The van der Waals surface area contributed by atoms with Crippen molar-refractivity contribution in [3.8, 4) is 11.5 Å². The fraction of sp³-hybridized carbons (Fsp3) is 0.562. The minimum absolute atomic E-state index is 0.102. The zero-order chi connectivity index (χ0) is 18.6. The minimum atomic E-state index is -3.45. The number of hydrogen-bond donors (Lipinski definition) is 1. The van der Waals surface area contributed by atoms with Crippen molar-refractivity contribution >= 4 is 16.1 Å². The second kappa shape index (κ2) is 8.03. The van der Waals surface area contributed by atoms with E-state index < -0.39 is 10.2 Å². The molecule has 1 amide bonds. The van der Waals surface area contributed by atoms with E-state index in [1.807, 2.05) is 0 Å². The number of benzene rings is 1. The molecule has 9 heteroatoms. The number of hydrogen-bond acceptors (Lipinski definition) is 5. The highest BCUT2D eigenvalue weighted by Gasteiger charge is 2.27. The molecule has 1 N–H and O–H groups in total. The van der Waals surface area contributed by atoms with Crippen LogP contribution in [0.3, 0.4) is 0 Å². The first-order chi connectivity index (χ1) is 11.8. The number of carbonyl (C=O) groups excluding carboxylic acids is 1. The molecule has 0 radical (unpaired) electrons. The van der Waals surface area contributed by atoms with E-state index in [1.54, 1.807) is 30.2 Å². The smallest absolute Gasteiger partial charge is 0.279 e. The second-order valence-electron chi connectivity index (χ2n) is 6.04. The molecule has 0 spiro atoms. The van der Waals surface area contributed by atoms with Crippen LogP contribution in [0.5, 0.6) is 11.5 Å². The van der Waals surface area contributed by atoms with E-state index in [9.17, 15) is 13.2 Å². The molecule has 0 saturated carbocycles. The average molecular weight is 371 g/mol. The average Bonchev–Trinajstić information content (AvgIpc) is 2.60. The molecule has 0 aliphatic carbocycles. The minimum Gasteiger partial charge on any atom is -0.493 e. The normalized spacial score (nSPS) is 16.1. The van der Waals surface area contributed by atoms with Gasteiger partial charge in [-0.25, -0.2) is 0 Å². The maximum Gasteiger partial charge on any atom is 0.279 e. The van der Waals surface area contributed by atoms with E-state index in [1.165, 1.54) is 21.2 Å². The molecule has 25 heavy (non-hydrogen) atoms. The van der Waals surface area contributed by atoms with Crippen LogP contribution < -0.4 is 14.2 Å². The third kappa shape index (κ3) is 4.62. The topological polar surface area (TPSA) is 88.2 Å². The van der Waals surface area contributed by atoms with Gasteiger partial charge in [0.15, 0.2) is 11.5 Å². The van der Waals surface area contributed by atoms with E-state index in [0.29, 0.717) is 43.0 Å². The van der Waals surface area contributed by atoms with Gasteiger partial charge in [-0.1, -0.05) is 0 Å². The predicted molar refractivity (Wildman–Crippen MR) is 94.2 cm³/mol. The molecule has 1 aliphatic heterocycles. The van der Waals surface area contributed by atoms with Gasteiger partial charge < -0.3 is 14.4 Å². The Bertz CT molecular complexity index is 712. The van der Waals surface area contributed by atoms with E-state index in [0.717, 1.165) is 4.31 Å². The van der Waals surface area contributed by atoms with Crippen LogP contribution in [0.25, 0.3) is 0 Å². The van der Waals surface area contributed by atoms with Crippen LogP contribution in [-0.2, 0) is 10.2 Å². The molecule has 1 fully saturated rings. The first-order valence-electron chi connectivity index (χ1n) is 7.99. The Kier molecular flexibility index (Phi) is 6.26. The summed E-state index contributed by atoms with van der Waals surface area (Å²) in [5.41, 5.74) is 0.518. The molecular formula is C16H25N3O5S. The van der Waals surface area contributed by atoms with Gasteiger partial charge in [-0.2, -0.15) is 17.4 Å². The van der Waals surface area contributed by atoms with Crippen molar-refractivity contribution in [3.63, 3.8) is 0 Å². The number of carbonyl (C=O) groups is 1. The van der Waals surface area contributed by atoms with Crippen LogP contribution in [0, 0.1) is 0 Å². The lowest BCUT2D eigenvalue weighted by molar-refractivity contribution is 0.0710. The molecule has 1 aromatic rings. The standard InChI is InChI=1S/C16H25N3O5S/c1-18(2)25(21,22)17-13-7-9-19(10-8-13)16(20)12-5-6-14(23-3)15(11-12)24-4/h5-6,11,13,17H,7-10H2,1-4H3. The van der Waals surface area contributed by atoms with E-state index in [-0.39, 0.29) is 11.9 Å². The summed E-state index contributed by atoms with van der Waals surface area (Å²) in [6.07, 6.45) is 1.15. The zero-order valence-electron chi connectivity index (χ0n) is 15.0. The third-order valence-electron chi connectivity index (χ3n) is 4.21. The lowest BCUT2D eigenvalue weighted by Gasteiger charge is -2.32. The first kappa shape index (κ1) is 19.5. The number of ether oxygens (including phenoxy) is 2. The SMILES string of the molecule is COc1ccc(C(=O)N2CCC(NS(=O)(=O)N(C)C)CC2)cc1OC. The molecule has 1 heterocycles. The molecule has 140 valence electrons. The van der Waals surface area contributed by atoms with Gasteiger partial charge in [0, 0.05) is 38.8 Å². The lowest BCUT2D eigenvalue weighted by Crippen LogP contribution is -2.49. The van der Waals surface area contributed by atoms with Crippen molar-refractivity contribution in [3.05, 3.63) is 23.8 Å². The summed E-state index contributed by atoms with van der Waals surface area (Å²) in [7, 11) is 2.58. The molecule has 1 aliphatic rings. The highest BCUT2D eigenvalue weighted by molar-refractivity contribution is 7.87. The van der Waals surface area contributed by atoms with E-state index in [2.05, 4.69) is 4.72 Å². The van der Waals surface area contributed by atoms with E-state index >= 15 is 0 Å². The van der Waals surface area contributed by atoms with Gasteiger partial charge in [-0.3, -0.25) is 4.79 Å². The molecule has 8 nitrogen and oxygen atoms in total. The van der Waals surface area contributed by atoms with Crippen LogP contribution in [0.1, 0.15) is 23.2 Å². The quantitative estimate of drug-likeness (QED) is 0.795. The molecule has 0 atom stereocenters. The fourth-order valence-electron chi connectivity index (χ4n) is 2.67. The largest absolute Gasteiger partial charge is 0.493 e. The van der Waals surface area contributed by atoms with Crippen molar-refractivity contribution in [2.75, 3.05) is 41.4 Å². The summed E-state index contributed by atoms with van der Waals surface area (Å²) >= 11 is 0. The number of likely N-dealkylation sites (tertiary alicyclic amines) is 1. The Morgan fingerprint density at radius 1 is 1.16 bits per heavy atom. The number of nitrogens with one attached hydrogen (secondary N) is 1. The maximum atomic E-state index is 12.7. The molecule has 0 unspecified atom stereocenters. The molecular weight excluding hydrogens is 346 g/mol. The Balaban J connectivity index is 2.00. The van der Waals surface area contributed by atoms with Crippen LogP contribution in [0.15, 0.2) is 18.2 Å². The Morgan fingerprint density at radius 2 is 1.76 bits per heavy atom. The molecule has 1 saturated heterocycles. The van der Waals surface area contributed by atoms with Gasteiger partial charge >= 0.3 is 0 Å². The van der Waals surface area contributed by atoms with Crippen LogP contribution in [-0.4, -0.2) is 71.0 Å². The molecule has 0 bridgehead atoms. The van der Waals surface area contributed by atoms with Gasteiger partial charge in [0.25, 0.3) is 16.1 Å². The van der Waals surface area contributed by atoms with Crippen molar-refractivity contribution in [2.24, 2.45) is 0 Å². The monoisotopic (exact) mass is 371 g/mol. The summed E-state index contributed by atoms with van der Waals surface area (Å²) < 4.78 is 38.0. The van der Waals surface area contributed by atoms with Gasteiger partial charge in [-0.05, 0) is 31.0 Å². The van der Waals surface area contributed by atoms with Crippen molar-refractivity contribution < 1.29 is 22.7 Å². The number of rotatable bonds is 6. The summed E-state index contributed by atoms with van der Waals surface area (Å²) in [4.78, 5) is 14.4. The van der Waals surface area contributed by atoms with Gasteiger partial charge in [0.1, 0.15) is 0 Å². The number of amides is 1. The first-order valence-corrected chi connectivity index (χ1v) is 9.43. The molecule has 1 aromatic carbocycles. The van der Waals surface area contributed by atoms with Crippen molar-refractivity contribution in [1.82, 2.24) is 13.9 Å². The fourth-order valence-corrected chi connectivity index (χ4v) is 3.54. The highest BCUT2D eigenvalue weighted by Crippen LogP contribution is 2.28. The summed E-state index contributed by atoms with van der Waals surface area (Å²) in [5, 5.41) is 0. The van der Waals surface area contributed by atoms with Crippen molar-refractivity contribution in [2.45, 2.75) is 18.9 Å². The number of nitrogens with zero attached hydrogens (tertiary/aromatic N) is 2. The summed E-state index contributed by atoms with van der Waals surface area (Å²) in [5.74, 6) is 0.965. The number of methoxy groups -OCH3 is 2. The Hall–Kier alpha value is -1.84. The zero-order valence-corrected chi connectivity index (χ0v) is 15.8. The van der Waals surface area contributed by atoms with Crippen molar-refractivity contribution in [1.29, 1.82) is 0 Å². The van der Waals surface area contributed by atoms with E-state index in [4.69, 9.17) is 9.47 Å². The van der Waals surface area contributed by atoms with Gasteiger partial charge in [0.2, 0.25) is 0 Å². The van der Waals surface area contributed by atoms with Crippen LogP contribution >= 0.6 is 0 Å². The second-order valence-corrected chi connectivity index (χ2v) is 7.96. The Morgan fingerprint density at radius 3 is 2.28 bits per heavy atom. The summed E-state index contributed by atoms with van der Waals surface area (Å²) in [6.45, 7) is 0.988. The lowest BCUT2D eigenvalue weighted by atomic mass is 10.0. The third-order valence-corrected chi connectivity index (χ3v) is 5.80. The predicted octanol–water partition coefficient (Wildman–Crippen LogP) is 0.704. The van der Waals surface area contributed by atoms with Gasteiger partial charge in [-0.15, -0.1) is 0 Å². The Labute approximate surface area is 148 Å². The summed E-state index contributed by atoms with van der Waals surface area (Å²) in [6, 6.07) is 4.89. The molecule has 2 rings (SSSR count). The maximum absolute atomic E-state index is 12.7. The molecule has 0 aromatic heterocycles. The highest BCUT2D eigenvalue weighted by atomic mass is 32.2.